The summed E-state index contributed by atoms with van der Waals surface area (Å²) in [6.07, 6.45) is 2.74. The lowest BCUT2D eigenvalue weighted by atomic mass is 10.3. The molecule has 1 rings (SSSR count). The summed E-state index contributed by atoms with van der Waals surface area (Å²) in [6, 6.07) is 0. The first-order valence-electron chi connectivity index (χ1n) is 5.96. The van der Waals surface area contributed by atoms with E-state index >= 15 is 0 Å². The van der Waals surface area contributed by atoms with Crippen molar-refractivity contribution in [3.8, 4) is 5.88 Å². The molecule has 0 aliphatic carbocycles. The normalized spacial score (nSPS) is 10.4. The minimum Gasteiger partial charge on any atom is -0.476 e. The monoisotopic (exact) mass is 253 g/mol. The van der Waals surface area contributed by atoms with Crippen molar-refractivity contribution in [2.75, 3.05) is 33.4 Å². The molecule has 1 aromatic rings. The fraction of sp³-hybridized carbons (Fsp3) is 0.583. The highest BCUT2D eigenvalue weighted by Gasteiger charge is 2.14. The summed E-state index contributed by atoms with van der Waals surface area (Å²) in [4.78, 5) is 21.4. The van der Waals surface area contributed by atoms with Crippen LogP contribution in [0.4, 0.5) is 0 Å². The van der Waals surface area contributed by atoms with Gasteiger partial charge in [0.2, 0.25) is 5.88 Å². The van der Waals surface area contributed by atoms with E-state index in [-0.39, 0.29) is 11.4 Å². The van der Waals surface area contributed by atoms with Crippen molar-refractivity contribution in [1.82, 2.24) is 14.9 Å². The maximum Gasteiger partial charge on any atom is 0.344 e. The van der Waals surface area contributed by atoms with E-state index in [0.29, 0.717) is 6.61 Å². The molecule has 0 fully saturated rings. The Morgan fingerprint density at radius 1 is 1.39 bits per heavy atom. The fourth-order valence-electron chi connectivity index (χ4n) is 1.49. The van der Waals surface area contributed by atoms with Gasteiger partial charge in [0.25, 0.3) is 0 Å². The van der Waals surface area contributed by atoms with Crippen LogP contribution in [0, 0.1) is 0 Å². The smallest absolute Gasteiger partial charge is 0.344 e. The Balaban J connectivity index is 2.59. The topological polar surface area (TPSA) is 64.5 Å². The number of rotatable bonds is 7. The molecular formula is C12H19N3O3. The molecule has 0 bridgehead atoms. The van der Waals surface area contributed by atoms with Crippen LogP contribution in [0.3, 0.4) is 0 Å². The number of likely N-dealkylation sites (N-methyl/N-ethyl adjacent to an activating group) is 1. The molecule has 100 valence electrons. The van der Waals surface area contributed by atoms with E-state index in [1.807, 2.05) is 0 Å². The van der Waals surface area contributed by atoms with Gasteiger partial charge in [0.15, 0.2) is 0 Å². The maximum atomic E-state index is 11.5. The molecule has 0 radical (unpaired) electrons. The number of aromatic nitrogens is 2. The molecule has 6 heteroatoms. The van der Waals surface area contributed by atoms with Gasteiger partial charge < -0.3 is 14.4 Å². The largest absolute Gasteiger partial charge is 0.476 e. The number of hydrogen-bond acceptors (Lipinski definition) is 6. The summed E-state index contributed by atoms with van der Waals surface area (Å²) in [5.41, 5.74) is 0.250. The fourth-order valence-corrected chi connectivity index (χ4v) is 1.49. The lowest BCUT2D eigenvalue weighted by Gasteiger charge is -2.18. The van der Waals surface area contributed by atoms with Crippen LogP contribution >= 0.6 is 0 Å². The van der Waals surface area contributed by atoms with Crippen LogP contribution in [0.25, 0.3) is 0 Å². The molecule has 18 heavy (non-hydrogen) atoms. The molecule has 6 nitrogen and oxygen atoms in total. The van der Waals surface area contributed by atoms with Gasteiger partial charge in [-0.3, -0.25) is 0 Å². The van der Waals surface area contributed by atoms with Gasteiger partial charge in [0.05, 0.1) is 7.11 Å². The van der Waals surface area contributed by atoms with Crippen LogP contribution < -0.4 is 4.74 Å². The highest BCUT2D eigenvalue weighted by molar-refractivity contribution is 5.91. The molecule has 0 spiro atoms. The van der Waals surface area contributed by atoms with Crippen molar-refractivity contribution in [1.29, 1.82) is 0 Å². The molecule has 0 unspecified atom stereocenters. The van der Waals surface area contributed by atoms with E-state index in [1.54, 1.807) is 0 Å². The molecule has 0 atom stereocenters. The van der Waals surface area contributed by atoms with Crippen molar-refractivity contribution in [2.24, 2.45) is 0 Å². The Bertz CT molecular complexity index is 381. The van der Waals surface area contributed by atoms with E-state index in [9.17, 15) is 4.79 Å². The molecule has 0 N–H and O–H groups in total. The highest BCUT2D eigenvalue weighted by Crippen LogP contribution is 2.13. The Morgan fingerprint density at radius 3 is 2.72 bits per heavy atom. The molecule has 0 saturated heterocycles. The van der Waals surface area contributed by atoms with Gasteiger partial charge >= 0.3 is 5.97 Å². The summed E-state index contributed by atoms with van der Waals surface area (Å²) in [5.74, 6) is -0.225. The van der Waals surface area contributed by atoms with Gasteiger partial charge in [-0.05, 0) is 13.1 Å². The van der Waals surface area contributed by atoms with E-state index in [2.05, 4.69) is 33.5 Å². The second kappa shape index (κ2) is 7.60. The number of ether oxygens (including phenoxy) is 2. The van der Waals surface area contributed by atoms with E-state index < -0.39 is 5.97 Å². The number of carbonyl (C=O) groups is 1. The SMILES string of the molecule is CCN(CC)CCOc1ncncc1C(=O)OC. The third-order valence-corrected chi connectivity index (χ3v) is 2.62. The van der Waals surface area contributed by atoms with Gasteiger partial charge in [0.1, 0.15) is 18.5 Å². The number of hydrogen-bond donors (Lipinski definition) is 0. The Labute approximate surface area is 107 Å². The van der Waals surface area contributed by atoms with Crippen LogP contribution in [0.1, 0.15) is 24.2 Å². The van der Waals surface area contributed by atoms with Crippen LogP contribution in [0.5, 0.6) is 5.88 Å². The van der Waals surface area contributed by atoms with Gasteiger partial charge in [-0.25, -0.2) is 14.8 Å². The quantitative estimate of drug-likeness (QED) is 0.675. The lowest BCUT2D eigenvalue weighted by molar-refractivity contribution is 0.0593. The number of carbonyl (C=O) groups excluding carboxylic acids is 1. The van der Waals surface area contributed by atoms with E-state index in [1.165, 1.54) is 19.6 Å². The zero-order valence-corrected chi connectivity index (χ0v) is 11.0. The molecular weight excluding hydrogens is 234 g/mol. The Kier molecular flexibility index (Phi) is 6.07. The summed E-state index contributed by atoms with van der Waals surface area (Å²) in [7, 11) is 1.31. The third kappa shape index (κ3) is 3.96. The first kappa shape index (κ1) is 14.4. The summed E-state index contributed by atoms with van der Waals surface area (Å²) in [6.45, 7) is 7.38. The predicted molar refractivity (Wildman–Crippen MR) is 66.7 cm³/mol. The van der Waals surface area contributed by atoms with Crippen molar-refractivity contribution in [3.63, 3.8) is 0 Å². The molecule has 0 aromatic carbocycles. The molecule has 1 aromatic heterocycles. The Hall–Kier alpha value is -1.69. The van der Waals surface area contributed by atoms with Gasteiger partial charge in [0, 0.05) is 12.7 Å². The second-order valence-corrected chi connectivity index (χ2v) is 3.61. The van der Waals surface area contributed by atoms with Gasteiger partial charge in [-0.1, -0.05) is 13.8 Å². The first-order valence-corrected chi connectivity index (χ1v) is 5.96. The summed E-state index contributed by atoms with van der Waals surface area (Å²) in [5, 5.41) is 0. The van der Waals surface area contributed by atoms with Crippen LogP contribution in [-0.4, -0.2) is 54.2 Å². The maximum absolute atomic E-state index is 11.5. The number of nitrogens with zero attached hydrogens (tertiary/aromatic N) is 3. The molecule has 0 amide bonds. The Morgan fingerprint density at radius 2 is 2.11 bits per heavy atom. The van der Waals surface area contributed by atoms with Crippen molar-refractivity contribution in [3.05, 3.63) is 18.1 Å². The molecule has 0 aliphatic rings. The molecule has 0 aliphatic heterocycles. The molecule has 1 heterocycles. The van der Waals surface area contributed by atoms with Gasteiger partial charge in [-0.15, -0.1) is 0 Å². The van der Waals surface area contributed by atoms with Gasteiger partial charge in [-0.2, -0.15) is 0 Å². The van der Waals surface area contributed by atoms with Crippen molar-refractivity contribution >= 4 is 5.97 Å². The van der Waals surface area contributed by atoms with Crippen molar-refractivity contribution in [2.45, 2.75) is 13.8 Å². The minimum atomic E-state index is -0.492. The predicted octanol–water partition coefficient (Wildman–Crippen LogP) is 0.984. The standard InChI is InChI=1S/C12H19N3O3/c1-4-15(5-2)6-7-18-11-10(12(16)17-3)8-13-9-14-11/h8-9H,4-7H2,1-3H3. The zero-order valence-electron chi connectivity index (χ0n) is 11.0. The average molecular weight is 253 g/mol. The minimum absolute atomic E-state index is 0.250. The molecule has 0 saturated carbocycles. The zero-order chi connectivity index (χ0) is 13.4. The average Bonchev–Trinajstić information content (AvgIpc) is 2.43. The number of esters is 1. The number of methoxy groups -OCH3 is 1. The van der Waals surface area contributed by atoms with E-state index in [4.69, 9.17) is 4.74 Å². The summed E-state index contributed by atoms with van der Waals surface area (Å²) >= 11 is 0. The lowest BCUT2D eigenvalue weighted by Crippen LogP contribution is -2.28. The van der Waals surface area contributed by atoms with Crippen LogP contribution in [0.2, 0.25) is 0 Å². The third-order valence-electron chi connectivity index (χ3n) is 2.62. The van der Waals surface area contributed by atoms with Crippen LogP contribution in [0.15, 0.2) is 12.5 Å². The van der Waals surface area contributed by atoms with Crippen molar-refractivity contribution < 1.29 is 14.3 Å². The van der Waals surface area contributed by atoms with Crippen LogP contribution in [-0.2, 0) is 4.74 Å². The summed E-state index contributed by atoms with van der Waals surface area (Å²) < 4.78 is 10.1. The first-order chi connectivity index (χ1) is 8.72. The van der Waals surface area contributed by atoms with E-state index in [0.717, 1.165) is 19.6 Å². The second-order valence-electron chi connectivity index (χ2n) is 3.61. The highest BCUT2D eigenvalue weighted by atomic mass is 16.5.